The zero-order chi connectivity index (χ0) is 9.47. The number of benzene rings is 1. The number of anilines is 1. The first-order valence-corrected chi connectivity index (χ1v) is 4.76. The zero-order valence-corrected chi connectivity index (χ0v) is 8.59. The molecular formula is C11H17N2+. The molecule has 0 amide bonds. The lowest BCUT2D eigenvalue weighted by atomic mass is 10.1. The Morgan fingerprint density at radius 2 is 2.00 bits per heavy atom. The molecule has 0 unspecified atom stereocenters. The van der Waals surface area contributed by atoms with Gasteiger partial charge in [0.1, 0.15) is 5.69 Å². The van der Waals surface area contributed by atoms with Gasteiger partial charge in [-0.05, 0) is 18.1 Å². The van der Waals surface area contributed by atoms with Crippen LogP contribution in [0.3, 0.4) is 0 Å². The fourth-order valence-electron chi connectivity index (χ4n) is 1.71. The van der Waals surface area contributed by atoms with Crippen LogP contribution in [0.5, 0.6) is 0 Å². The molecule has 0 bridgehead atoms. The first-order chi connectivity index (χ1) is 6.07. The number of fused-ring (bicyclic) bond motifs is 1. The molecule has 1 heterocycles. The number of hydrogen-bond acceptors (Lipinski definition) is 1. The van der Waals surface area contributed by atoms with Gasteiger partial charge < -0.3 is 5.32 Å². The van der Waals surface area contributed by atoms with E-state index in [9.17, 15) is 0 Å². The van der Waals surface area contributed by atoms with Crippen LogP contribution < -0.4 is 9.80 Å². The van der Waals surface area contributed by atoms with Gasteiger partial charge in [-0.1, -0.05) is 0 Å². The summed E-state index contributed by atoms with van der Waals surface area (Å²) in [7, 11) is 6.60. The van der Waals surface area contributed by atoms with Crippen LogP contribution in [0.15, 0.2) is 18.2 Å². The maximum Gasteiger partial charge on any atom is 0.132 e. The molecule has 70 valence electrons. The van der Waals surface area contributed by atoms with Crippen molar-refractivity contribution in [3.8, 4) is 0 Å². The molecular weight excluding hydrogens is 160 g/mol. The van der Waals surface area contributed by atoms with E-state index in [0.29, 0.717) is 0 Å². The molecule has 1 aromatic carbocycles. The number of nitrogens with zero attached hydrogens (tertiary/aromatic N) is 1. The zero-order valence-electron chi connectivity index (χ0n) is 8.59. The SMILES string of the molecule is C[N+](C)(C)c1ccc2c(c1)CCN2. The predicted octanol–water partition coefficient (Wildman–Crippen LogP) is 1.85. The van der Waals surface area contributed by atoms with Gasteiger partial charge in [0, 0.05) is 24.4 Å². The van der Waals surface area contributed by atoms with Gasteiger partial charge in [0.25, 0.3) is 0 Å². The van der Waals surface area contributed by atoms with Gasteiger partial charge in [0.2, 0.25) is 0 Å². The molecule has 1 aromatic rings. The maximum atomic E-state index is 3.37. The highest BCUT2D eigenvalue weighted by Gasteiger charge is 2.16. The number of nitrogens with one attached hydrogen (secondary N) is 1. The van der Waals surface area contributed by atoms with Crippen LogP contribution in [0, 0.1) is 0 Å². The van der Waals surface area contributed by atoms with Gasteiger partial charge in [0.15, 0.2) is 0 Å². The average Bonchev–Trinajstić information content (AvgIpc) is 2.47. The minimum atomic E-state index is 0.896. The lowest BCUT2D eigenvalue weighted by Gasteiger charge is -2.23. The van der Waals surface area contributed by atoms with Crippen molar-refractivity contribution in [1.29, 1.82) is 0 Å². The van der Waals surface area contributed by atoms with Gasteiger partial charge >= 0.3 is 0 Å². The third-order valence-corrected chi connectivity index (χ3v) is 2.57. The molecule has 2 nitrogen and oxygen atoms in total. The largest absolute Gasteiger partial charge is 0.384 e. The average molecular weight is 177 g/mol. The third kappa shape index (κ3) is 1.54. The van der Waals surface area contributed by atoms with Crippen LogP contribution in [-0.2, 0) is 6.42 Å². The van der Waals surface area contributed by atoms with Gasteiger partial charge in [0.05, 0.1) is 21.1 Å². The Bertz CT molecular complexity index is 323. The van der Waals surface area contributed by atoms with Gasteiger partial charge in [-0.25, -0.2) is 0 Å². The molecule has 1 aliphatic rings. The molecule has 2 rings (SSSR count). The Hall–Kier alpha value is -1.02. The van der Waals surface area contributed by atoms with Crippen molar-refractivity contribution in [2.45, 2.75) is 6.42 Å². The molecule has 1 aliphatic heterocycles. The Kier molecular flexibility index (Phi) is 1.81. The van der Waals surface area contributed by atoms with E-state index >= 15 is 0 Å². The summed E-state index contributed by atoms with van der Waals surface area (Å²) in [4.78, 5) is 0. The van der Waals surface area contributed by atoms with Gasteiger partial charge in [-0.15, -0.1) is 0 Å². The Morgan fingerprint density at radius 1 is 1.23 bits per heavy atom. The van der Waals surface area contributed by atoms with E-state index < -0.39 is 0 Å². The minimum Gasteiger partial charge on any atom is -0.384 e. The second-order valence-electron chi connectivity index (χ2n) is 4.53. The van der Waals surface area contributed by atoms with Gasteiger partial charge in [-0.2, -0.15) is 0 Å². The van der Waals surface area contributed by atoms with Crippen molar-refractivity contribution >= 4 is 11.4 Å². The smallest absolute Gasteiger partial charge is 0.132 e. The molecule has 1 N–H and O–H groups in total. The molecule has 0 spiro atoms. The Labute approximate surface area is 79.8 Å². The van der Waals surface area contributed by atoms with Crippen molar-refractivity contribution < 1.29 is 0 Å². The van der Waals surface area contributed by atoms with Gasteiger partial charge in [-0.3, -0.25) is 4.48 Å². The van der Waals surface area contributed by atoms with Crippen molar-refractivity contribution in [2.24, 2.45) is 0 Å². The second-order valence-corrected chi connectivity index (χ2v) is 4.53. The van der Waals surface area contributed by atoms with E-state index in [0.717, 1.165) is 11.0 Å². The standard InChI is InChI=1S/C11H17N2/c1-13(2,3)10-4-5-11-9(8-10)6-7-12-11/h4-5,8,12H,6-7H2,1-3H3/q+1. The molecule has 0 saturated carbocycles. The number of quaternary nitrogens is 1. The summed E-state index contributed by atoms with van der Waals surface area (Å²) in [6.07, 6.45) is 1.17. The van der Waals surface area contributed by atoms with Crippen molar-refractivity contribution in [3.63, 3.8) is 0 Å². The monoisotopic (exact) mass is 177 g/mol. The first-order valence-electron chi connectivity index (χ1n) is 4.76. The summed E-state index contributed by atoms with van der Waals surface area (Å²) in [5, 5.41) is 3.37. The van der Waals surface area contributed by atoms with Crippen molar-refractivity contribution in [3.05, 3.63) is 23.8 Å². The number of hydrogen-bond donors (Lipinski definition) is 1. The van der Waals surface area contributed by atoms with Crippen LogP contribution in [0.4, 0.5) is 11.4 Å². The van der Waals surface area contributed by atoms with Crippen molar-refractivity contribution in [2.75, 3.05) is 33.0 Å². The van der Waals surface area contributed by atoms with Crippen LogP contribution in [0.25, 0.3) is 0 Å². The molecule has 2 heteroatoms. The Morgan fingerprint density at radius 3 is 2.69 bits per heavy atom. The van der Waals surface area contributed by atoms with Crippen molar-refractivity contribution in [1.82, 2.24) is 4.48 Å². The van der Waals surface area contributed by atoms with E-state index in [4.69, 9.17) is 0 Å². The summed E-state index contributed by atoms with van der Waals surface area (Å²) >= 11 is 0. The molecule has 0 aliphatic carbocycles. The van der Waals surface area contributed by atoms with E-state index in [1.165, 1.54) is 23.4 Å². The fraction of sp³-hybridized carbons (Fsp3) is 0.455. The van der Waals surface area contributed by atoms with E-state index in [1.54, 1.807) is 0 Å². The molecule has 0 atom stereocenters. The maximum absolute atomic E-state index is 3.37. The molecule has 0 fully saturated rings. The second kappa shape index (κ2) is 2.74. The summed E-state index contributed by atoms with van der Waals surface area (Å²) in [5.74, 6) is 0. The highest BCUT2D eigenvalue weighted by molar-refractivity contribution is 5.61. The fourth-order valence-corrected chi connectivity index (χ4v) is 1.71. The number of rotatable bonds is 1. The topological polar surface area (TPSA) is 12.0 Å². The van der Waals surface area contributed by atoms with Crippen LogP contribution in [0.1, 0.15) is 5.56 Å². The van der Waals surface area contributed by atoms with Crippen LogP contribution in [0.2, 0.25) is 0 Å². The molecule has 0 aromatic heterocycles. The summed E-state index contributed by atoms with van der Waals surface area (Å²) in [6, 6.07) is 6.72. The minimum absolute atomic E-state index is 0.896. The lowest BCUT2D eigenvalue weighted by Crippen LogP contribution is -2.34. The van der Waals surface area contributed by atoms with Crippen LogP contribution >= 0.6 is 0 Å². The quantitative estimate of drug-likeness (QED) is 0.646. The third-order valence-electron chi connectivity index (χ3n) is 2.57. The Balaban J connectivity index is 2.42. The first kappa shape index (κ1) is 8.57. The van der Waals surface area contributed by atoms with Crippen LogP contribution in [-0.4, -0.2) is 27.7 Å². The molecule has 13 heavy (non-hydrogen) atoms. The predicted molar refractivity (Wildman–Crippen MR) is 58.2 cm³/mol. The highest BCUT2D eigenvalue weighted by atomic mass is 15.3. The van der Waals surface area contributed by atoms with E-state index in [2.05, 4.69) is 44.7 Å². The molecule has 0 radical (unpaired) electrons. The normalized spacial score (nSPS) is 15.3. The lowest BCUT2D eigenvalue weighted by molar-refractivity contribution is 0.486. The van der Waals surface area contributed by atoms with E-state index in [1.807, 2.05) is 0 Å². The molecule has 0 saturated heterocycles. The summed E-state index contributed by atoms with van der Waals surface area (Å²) < 4.78 is 0.896. The summed E-state index contributed by atoms with van der Waals surface area (Å²) in [6.45, 7) is 1.09. The highest BCUT2D eigenvalue weighted by Crippen LogP contribution is 2.28. The van der Waals surface area contributed by atoms with E-state index in [-0.39, 0.29) is 0 Å². The summed E-state index contributed by atoms with van der Waals surface area (Å²) in [5.41, 5.74) is 4.16.